The molecule has 0 aromatic rings. The smallest absolute Gasteiger partial charge is 0.237 e. The lowest BCUT2D eigenvalue weighted by molar-refractivity contribution is -0.126. The maximum absolute atomic E-state index is 12.2. The van der Waals surface area contributed by atoms with Crippen LogP contribution in [0.2, 0.25) is 0 Å². The van der Waals surface area contributed by atoms with Gasteiger partial charge in [0.1, 0.15) is 0 Å². The quantitative estimate of drug-likeness (QED) is 0.677. The van der Waals surface area contributed by atoms with Crippen molar-refractivity contribution in [2.24, 2.45) is 0 Å². The first-order valence-electron chi connectivity index (χ1n) is 8.25. The molecule has 21 heavy (non-hydrogen) atoms. The molecule has 0 saturated carbocycles. The van der Waals surface area contributed by atoms with Crippen LogP contribution in [0.3, 0.4) is 0 Å². The Bertz CT molecular complexity index is 358. The SMILES string of the molecule is CCN(CC(C)(C)O)C(C)C(=O)NCCC1=CCCCC1. The average molecular weight is 296 g/mol. The fourth-order valence-corrected chi connectivity index (χ4v) is 2.81. The van der Waals surface area contributed by atoms with Crippen molar-refractivity contribution in [3.8, 4) is 0 Å². The first-order chi connectivity index (χ1) is 9.83. The molecule has 122 valence electrons. The van der Waals surface area contributed by atoms with Gasteiger partial charge in [0.2, 0.25) is 5.91 Å². The number of nitrogens with zero attached hydrogens (tertiary/aromatic N) is 1. The summed E-state index contributed by atoms with van der Waals surface area (Å²) >= 11 is 0. The minimum absolute atomic E-state index is 0.0532. The van der Waals surface area contributed by atoms with Crippen molar-refractivity contribution in [3.05, 3.63) is 11.6 Å². The zero-order valence-electron chi connectivity index (χ0n) is 14.1. The minimum atomic E-state index is -0.780. The van der Waals surface area contributed by atoms with Gasteiger partial charge in [-0.05, 0) is 59.4 Å². The van der Waals surface area contributed by atoms with Crippen molar-refractivity contribution < 1.29 is 9.90 Å². The summed E-state index contributed by atoms with van der Waals surface area (Å²) < 4.78 is 0. The predicted molar refractivity (Wildman–Crippen MR) is 87.2 cm³/mol. The molecule has 1 atom stereocenters. The number of nitrogens with one attached hydrogen (secondary N) is 1. The number of rotatable bonds is 8. The number of hydrogen-bond acceptors (Lipinski definition) is 3. The van der Waals surface area contributed by atoms with Crippen LogP contribution in [0.15, 0.2) is 11.6 Å². The summed E-state index contributed by atoms with van der Waals surface area (Å²) in [5, 5.41) is 12.9. The van der Waals surface area contributed by atoms with Crippen LogP contribution in [0.4, 0.5) is 0 Å². The second kappa shape index (κ2) is 8.54. The molecule has 0 aromatic heterocycles. The number of likely N-dealkylation sites (N-methyl/N-ethyl adjacent to an activating group) is 1. The number of amides is 1. The minimum Gasteiger partial charge on any atom is -0.389 e. The van der Waals surface area contributed by atoms with Crippen LogP contribution in [-0.4, -0.2) is 47.2 Å². The van der Waals surface area contributed by atoms with E-state index in [9.17, 15) is 9.90 Å². The highest BCUT2D eigenvalue weighted by atomic mass is 16.3. The molecule has 1 aliphatic carbocycles. The second-order valence-corrected chi connectivity index (χ2v) is 6.70. The molecule has 0 fully saturated rings. The third-order valence-electron chi connectivity index (χ3n) is 4.05. The van der Waals surface area contributed by atoms with Gasteiger partial charge in [-0.2, -0.15) is 0 Å². The summed E-state index contributed by atoms with van der Waals surface area (Å²) in [5.41, 5.74) is 0.704. The van der Waals surface area contributed by atoms with Crippen LogP contribution in [0, 0.1) is 0 Å². The van der Waals surface area contributed by atoms with Gasteiger partial charge in [0, 0.05) is 13.1 Å². The Labute approximate surface area is 129 Å². The van der Waals surface area contributed by atoms with E-state index in [2.05, 4.69) is 11.4 Å². The molecule has 2 N–H and O–H groups in total. The van der Waals surface area contributed by atoms with E-state index < -0.39 is 5.60 Å². The number of aliphatic hydroxyl groups is 1. The van der Waals surface area contributed by atoms with Crippen LogP contribution in [0.5, 0.6) is 0 Å². The number of carbonyl (C=O) groups is 1. The van der Waals surface area contributed by atoms with Gasteiger partial charge in [0.05, 0.1) is 11.6 Å². The predicted octanol–water partition coefficient (Wildman–Crippen LogP) is 2.47. The van der Waals surface area contributed by atoms with E-state index in [-0.39, 0.29) is 11.9 Å². The van der Waals surface area contributed by atoms with Gasteiger partial charge in [-0.3, -0.25) is 9.69 Å². The van der Waals surface area contributed by atoms with Crippen molar-refractivity contribution in [1.82, 2.24) is 10.2 Å². The standard InChI is InChI=1S/C17H32N2O2/c1-5-19(13-17(3,4)21)14(2)16(20)18-12-11-15-9-7-6-8-10-15/h9,14,21H,5-8,10-13H2,1-4H3,(H,18,20). The van der Waals surface area contributed by atoms with Gasteiger partial charge in [0.15, 0.2) is 0 Å². The molecule has 0 aliphatic heterocycles. The third-order valence-corrected chi connectivity index (χ3v) is 4.05. The highest BCUT2D eigenvalue weighted by Gasteiger charge is 2.25. The fraction of sp³-hybridized carbons (Fsp3) is 0.824. The van der Waals surface area contributed by atoms with Crippen molar-refractivity contribution >= 4 is 5.91 Å². The molecule has 0 radical (unpaired) electrons. The summed E-state index contributed by atoms with van der Waals surface area (Å²) in [6.07, 6.45) is 8.25. The van der Waals surface area contributed by atoms with Gasteiger partial charge in [0.25, 0.3) is 0 Å². The van der Waals surface area contributed by atoms with Crippen molar-refractivity contribution in [2.45, 2.75) is 71.4 Å². The molecule has 1 aliphatic rings. The van der Waals surface area contributed by atoms with Gasteiger partial charge in [-0.15, -0.1) is 0 Å². The van der Waals surface area contributed by atoms with Crippen LogP contribution >= 0.6 is 0 Å². The third kappa shape index (κ3) is 7.09. The number of allylic oxidation sites excluding steroid dienone is 1. The van der Waals surface area contributed by atoms with Crippen LogP contribution in [0.1, 0.15) is 59.8 Å². The number of carbonyl (C=O) groups excluding carboxylic acids is 1. The molecule has 0 spiro atoms. The van der Waals surface area contributed by atoms with E-state index in [0.29, 0.717) is 6.54 Å². The maximum atomic E-state index is 12.2. The maximum Gasteiger partial charge on any atom is 0.237 e. The zero-order chi connectivity index (χ0) is 15.9. The Kier molecular flexibility index (Phi) is 7.40. The van der Waals surface area contributed by atoms with E-state index in [1.807, 2.05) is 18.7 Å². The van der Waals surface area contributed by atoms with Crippen LogP contribution in [-0.2, 0) is 4.79 Å². The van der Waals surface area contributed by atoms with E-state index in [1.54, 1.807) is 13.8 Å². The van der Waals surface area contributed by atoms with Gasteiger partial charge < -0.3 is 10.4 Å². The Morgan fingerprint density at radius 1 is 1.48 bits per heavy atom. The summed E-state index contributed by atoms with van der Waals surface area (Å²) in [7, 11) is 0. The Morgan fingerprint density at radius 2 is 2.19 bits per heavy atom. The molecular weight excluding hydrogens is 264 g/mol. The molecule has 4 nitrogen and oxygen atoms in total. The largest absolute Gasteiger partial charge is 0.389 e. The lowest BCUT2D eigenvalue weighted by Gasteiger charge is -2.32. The van der Waals surface area contributed by atoms with E-state index in [0.717, 1.165) is 19.5 Å². The molecule has 4 heteroatoms. The molecule has 0 bridgehead atoms. The Morgan fingerprint density at radius 3 is 2.71 bits per heavy atom. The summed E-state index contributed by atoms with van der Waals surface area (Å²) in [4.78, 5) is 14.2. The highest BCUT2D eigenvalue weighted by Crippen LogP contribution is 2.19. The summed E-state index contributed by atoms with van der Waals surface area (Å²) in [6, 6.07) is -0.207. The Balaban J connectivity index is 2.36. The fourth-order valence-electron chi connectivity index (χ4n) is 2.81. The van der Waals surface area contributed by atoms with Crippen LogP contribution in [0.25, 0.3) is 0 Å². The molecular formula is C17H32N2O2. The summed E-state index contributed by atoms with van der Waals surface area (Å²) in [5.74, 6) is 0.0532. The second-order valence-electron chi connectivity index (χ2n) is 6.70. The van der Waals surface area contributed by atoms with E-state index in [1.165, 1.54) is 31.3 Å². The van der Waals surface area contributed by atoms with Crippen LogP contribution < -0.4 is 5.32 Å². The molecule has 0 aromatic carbocycles. The molecule has 1 unspecified atom stereocenters. The lowest BCUT2D eigenvalue weighted by Crippen LogP contribution is -2.50. The molecule has 1 amide bonds. The highest BCUT2D eigenvalue weighted by molar-refractivity contribution is 5.81. The summed E-state index contributed by atoms with van der Waals surface area (Å²) in [6.45, 7) is 9.44. The van der Waals surface area contributed by atoms with E-state index in [4.69, 9.17) is 0 Å². The normalized spacial score (nSPS) is 17.5. The Hall–Kier alpha value is -0.870. The van der Waals surface area contributed by atoms with Crippen molar-refractivity contribution in [1.29, 1.82) is 0 Å². The monoisotopic (exact) mass is 296 g/mol. The first kappa shape index (κ1) is 18.2. The topological polar surface area (TPSA) is 52.6 Å². The molecule has 0 saturated heterocycles. The first-order valence-corrected chi connectivity index (χ1v) is 8.25. The zero-order valence-corrected chi connectivity index (χ0v) is 14.1. The molecule has 0 heterocycles. The average Bonchev–Trinajstić information content (AvgIpc) is 2.44. The van der Waals surface area contributed by atoms with Gasteiger partial charge in [-0.1, -0.05) is 18.6 Å². The number of hydrogen-bond donors (Lipinski definition) is 2. The molecule has 1 rings (SSSR count). The lowest BCUT2D eigenvalue weighted by atomic mass is 9.97. The van der Waals surface area contributed by atoms with Crippen molar-refractivity contribution in [2.75, 3.05) is 19.6 Å². The van der Waals surface area contributed by atoms with Gasteiger partial charge >= 0.3 is 0 Å². The van der Waals surface area contributed by atoms with Gasteiger partial charge in [-0.25, -0.2) is 0 Å². The van der Waals surface area contributed by atoms with Crippen molar-refractivity contribution in [3.63, 3.8) is 0 Å². The van der Waals surface area contributed by atoms with E-state index >= 15 is 0 Å².